The molecule has 0 unspecified atom stereocenters. The van der Waals surface area contributed by atoms with Gasteiger partial charge < -0.3 is 0 Å². The molecule has 1 aliphatic heterocycles. The second-order valence-electron chi connectivity index (χ2n) is 5.94. The quantitative estimate of drug-likeness (QED) is 0.816. The monoisotopic (exact) mass is 292 g/mol. The molecule has 0 radical (unpaired) electrons. The molecule has 2 amide bonds. The minimum atomic E-state index is -1.27. The van der Waals surface area contributed by atoms with Gasteiger partial charge in [-0.15, -0.1) is 0 Å². The molecule has 1 heterocycles. The van der Waals surface area contributed by atoms with Gasteiger partial charge in [0.05, 0.1) is 18.4 Å². The van der Waals surface area contributed by atoms with E-state index in [0.29, 0.717) is 6.42 Å². The molecule has 1 saturated carbocycles. The van der Waals surface area contributed by atoms with Gasteiger partial charge in [0.25, 0.3) is 0 Å². The topological polar surface area (TPSA) is 37.4 Å². The van der Waals surface area contributed by atoms with Crippen LogP contribution in [0.25, 0.3) is 0 Å². The summed E-state index contributed by atoms with van der Waals surface area (Å²) in [6.07, 6.45) is 0.428. The van der Waals surface area contributed by atoms with E-state index in [0.717, 1.165) is 11.1 Å². The Morgan fingerprint density at radius 1 is 0.955 bits per heavy atom. The second-order valence-corrected chi connectivity index (χ2v) is 5.94. The third-order valence-corrected chi connectivity index (χ3v) is 4.68. The van der Waals surface area contributed by atoms with Crippen molar-refractivity contribution in [2.45, 2.75) is 18.9 Å². The number of rotatable bonds is 3. The lowest BCUT2D eigenvalue weighted by Gasteiger charge is -2.36. The van der Waals surface area contributed by atoms with Crippen LogP contribution in [0.2, 0.25) is 0 Å². The van der Waals surface area contributed by atoms with Crippen LogP contribution in [0.15, 0.2) is 60.7 Å². The summed E-state index contributed by atoms with van der Waals surface area (Å²) in [5.41, 5.74) is 1.96. The van der Waals surface area contributed by atoms with E-state index in [2.05, 4.69) is 0 Å². The second kappa shape index (κ2) is 5.09. The number of imide groups is 1. The zero-order chi connectivity index (χ0) is 16.0. The smallest absolute Gasteiger partial charge is 0.234 e. The van der Waals surface area contributed by atoms with Crippen molar-refractivity contribution in [2.75, 3.05) is 0 Å². The van der Waals surface area contributed by atoms with Crippen LogP contribution in [-0.4, -0.2) is 16.7 Å². The molecule has 3 nitrogen and oxygen atoms in total. The van der Waals surface area contributed by atoms with Gasteiger partial charge in [-0.3, -0.25) is 14.5 Å². The Bertz CT molecular complexity index is 761. The van der Waals surface area contributed by atoms with E-state index >= 15 is 0 Å². The molecule has 22 heavy (non-hydrogen) atoms. The molecule has 0 aromatic heterocycles. The van der Waals surface area contributed by atoms with Crippen LogP contribution < -0.4 is 0 Å². The molecule has 3 atom stereocenters. The number of hydrogen-bond donors (Lipinski definition) is 0. The fourth-order valence-electron chi connectivity index (χ4n) is 3.47. The van der Waals surface area contributed by atoms with Crippen LogP contribution in [0.4, 0.5) is 0 Å². The van der Waals surface area contributed by atoms with Crippen molar-refractivity contribution in [3.05, 3.63) is 71.8 Å². The Hall–Kier alpha value is -2.42. The van der Waals surface area contributed by atoms with Crippen molar-refractivity contribution in [3.8, 4) is 0 Å². The minimum absolute atomic E-state index is 0.0223. The normalized spacial score (nSPS) is 30.7. The maximum absolute atomic E-state index is 12.8. The molecule has 0 bridgehead atoms. The van der Waals surface area contributed by atoms with Crippen LogP contribution in [0.3, 0.4) is 0 Å². The summed E-state index contributed by atoms with van der Waals surface area (Å²) in [6.45, 7) is 0.261. The first-order valence-corrected chi connectivity index (χ1v) is 7.56. The van der Waals surface area contributed by atoms with Gasteiger partial charge in [-0.1, -0.05) is 60.7 Å². The van der Waals surface area contributed by atoms with Gasteiger partial charge in [-0.05, 0) is 23.5 Å². The molecule has 3 heteroatoms. The zero-order valence-electron chi connectivity index (χ0n) is 13.1. The molecule has 2 aromatic carbocycles. The predicted molar refractivity (Wildman–Crippen MR) is 82.8 cm³/mol. The van der Waals surface area contributed by atoms with Gasteiger partial charge in [0.1, 0.15) is 0 Å². The van der Waals surface area contributed by atoms with Crippen molar-refractivity contribution in [2.24, 2.45) is 11.8 Å². The molecule has 2 aliphatic rings. The summed E-state index contributed by atoms with van der Waals surface area (Å²) in [4.78, 5) is 26.6. The highest BCUT2D eigenvalue weighted by Crippen LogP contribution is 2.52. The first-order chi connectivity index (χ1) is 11.1. The van der Waals surface area contributed by atoms with Crippen molar-refractivity contribution < 1.29 is 11.0 Å². The molecule has 1 saturated heterocycles. The average molecular weight is 292 g/mol. The Labute approximate surface area is 131 Å². The molecule has 110 valence electrons. The lowest BCUT2D eigenvalue weighted by atomic mass is 9.63. The fraction of sp³-hybridized carbons (Fsp3) is 0.263. The molecule has 4 rings (SSSR count). The number of amides is 2. The van der Waals surface area contributed by atoms with E-state index in [-0.39, 0.29) is 24.3 Å². The van der Waals surface area contributed by atoms with Crippen molar-refractivity contribution in [3.63, 3.8) is 0 Å². The van der Waals surface area contributed by atoms with Gasteiger partial charge in [-0.25, -0.2) is 0 Å². The number of carbonyl (C=O) groups excluding carboxylic acids is 2. The first-order valence-electron chi connectivity index (χ1n) is 8.06. The van der Waals surface area contributed by atoms with Gasteiger partial charge in [0.15, 0.2) is 0 Å². The van der Waals surface area contributed by atoms with Crippen LogP contribution >= 0.6 is 0 Å². The lowest BCUT2D eigenvalue weighted by Crippen LogP contribution is -2.37. The summed E-state index contributed by atoms with van der Waals surface area (Å²) >= 11 is 0. The average Bonchev–Trinajstić information content (AvgIpc) is 2.70. The molecular weight excluding hydrogens is 274 g/mol. The van der Waals surface area contributed by atoms with Gasteiger partial charge in [0, 0.05) is 1.37 Å². The van der Waals surface area contributed by atoms with Crippen molar-refractivity contribution >= 4 is 11.8 Å². The summed E-state index contributed by atoms with van der Waals surface area (Å²) in [7, 11) is 0. The van der Waals surface area contributed by atoms with Crippen LogP contribution in [0.5, 0.6) is 0 Å². The van der Waals surface area contributed by atoms with Crippen LogP contribution in [0, 0.1) is 11.8 Å². The lowest BCUT2D eigenvalue weighted by molar-refractivity contribution is -0.140. The largest absolute Gasteiger partial charge is 0.278 e. The third kappa shape index (κ3) is 1.97. The number of carbonyl (C=O) groups is 2. The highest BCUT2D eigenvalue weighted by molar-refractivity contribution is 6.07. The Morgan fingerprint density at radius 3 is 2.27 bits per heavy atom. The van der Waals surface area contributed by atoms with E-state index in [4.69, 9.17) is 1.37 Å². The van der Waals surface area contributed by atoms with Crippen molar-refractivity contribution in [1.29, 1.82) is 0 Å². The highest BCUT2D eigenvalue weighted by atomic mass is 16.2. The van der Waals surface area contributed by atoms with Gasteiger partial charge in [0.2, 0.25) is 11.8 Å². The van der Waals surface area contributed by atoms with Crippen LogP contribution in [0.1, 0.15) is 24.8 Å². The standard InChI is InChI=1S/C19H17NO2/c21-18-16-11-15(14-9-5-2-6-10-14)17(16)19(22)20(18)12-13-7-3-1-4-8-13/h1-10,15-17H,11-12H2/t15-,16+,17-/m1/s1/i16D. The molecule has 0 N–H and O–H groups in total. The molecule has 0 spiro atoms. The van der Waals surface area contributed by atoms with Crippen molar-refractivity contribution in [1.82, 2.24) is 4.90 Å². The Morgan fingerprint density at radius 2 is 1.59 bits per heavy atom. The molecule has 1 aliphatic carbocycles. The number of benzene rings is 2. The SMILES string of the molecule is [2H][C@]12C[C@H](c3ccccc3)[C@H]1C(=O)N(Cc1ccccc1)C2=O. The van der Waals surface area contributed by atoms with E-state index in [1.165, 1.54) is 4.90 Å². The summed E-state index contributed by atoms with van der Waals surface area (Å²) in [5, 5.41) is 0. The number of likely N-dealkylation sites (tertiary alicyclic amines) is 1. The van der Waals surface area contributed by atoms with Crippen LogP contribution in [-0.2, 0) is 16.1 Å². The molecular formula is C19H17NO2. The predicted octanol–water partition coefficient (Wildman–Crippen LogP) is 2.98. The first kappa shape index (κ1) is 12.2. The van der Waals surface area contributed by atoms with Gasteiger partial charge >= 0.3 is 0 Å². The third-order valence-electron chi connectivity index (χ3n) is 4.68. The van der Waals surface area contributed by atoms with E-state index in [9.17, 15) is 9.59 Å². The minimum Gasteiger partial charge on any atom is -0.278 e. The summed E-state index contributed by atoms with van der Waals surface area (Å²) in [5.74, 6) is -2.38. The van der Waals surface area contributed by atoms with Gasteiger partial charge in [-0.2, -0.15) is 0 Å². The number of fused-ring (bicyclic) bond motifs is 1. The zero-order valence-corrected chi connectivity index (χ0v) is 12.1. The molecule has 2 aromatic rings. The van der Waals surface area contributed by atoms with E-state index in [1.54, 1.807) is 0 Å². The van der Waals surface area contributed by atoms with E-state index < -0.39 is 11.8 Å². The maximum Gasteiger partial charge on any atom is 0.234 e. The maximum atomic E-state index is 12.8. The molecule has 2 fully saturated rings. The number of hydrogen-bond acceptors (Lipinski definition) is 2. The fourth-order valence-corrected chi connectivity index (χ4v) is 3.47. The Balaban J connectivity index is 1.62. The Kier molecular flexibility index (Phi) is 2.81. The van der Waals surface area contributed by atoms with E-state index in [1.807, 2.05) is 60.7 Å². The highest BCUT2D eigenvalue weighted by Gasteiger charge is 2.58. The number of nitrogens with zero attached hydrogens (tertiary/aromatic N) is 1. The summed E-state index contributed by atoms with van der Waals surface area (Å²) < 4.78 is 8.48. The summed E-state index contributed by atoms with van der Waals surface area (Å²) in [6, 6.07) is 19.2.